The molecule has 0 aromatic carbocycles. The van der Waals surface area contributed by atoms with Crippen molar-refractivity contribution in [2.45, 2.75) is 94.9 Å². The second kappa shape index (κ2) is 5.80. The molecule has 5 heteroatoms. The lowest BCUT2D eigenvalue weighted by Gasteiger charge is -2.45. The lowest BCUT2D eigenvalue weighted by atomic mass is 9.75. The van der Waals surface area contributed by atoms with Gasteiger partial charge in [0.25, 0.3) is 0 Å². The Balaban J connectivity index is 1.61. The van der Waals surface area contributed by atoms with Gasteiger partial charge in [0.2, 0.25) is 0 Å². The Bertz CT molecular complexity index is 585. The first-order valence-corrected chi connectivity index (χ1v) is 9.67. The van der Waals surface area contributed by atoms with Gasteiger partial charge in [0, 0.05) is 11.5 Å². The molecule has 0 spiro atoms. The lowest BCUT2D eigenvalue weighted by Crippen LogP contribution is -2.54. The maximum absolute atomic E-state index is 12.0. The predicted octanol–water partition coefficient (Wildman–Crippen LogP) is 2.75. The largest absolute Gasteiger partial charge is 0.456 e. The van der Waals surface area contributed by atoms with E-state index < -0.39 is 5.60 Å². The molecule has 1 N–H and O–H groups in total. The minimum Gasteiger partial charge on any atom is -0.456 e. The van der Waals surface area contributed by atoms with Crippen molar-refractivity contribution in [3.8, 4) is 0 Å². The van der Waals surface area contributed by atoms with Crippen LogP contribution in [0.4, 0.5) is 0 Å². The van der Waals surface area contributed by atoms with Crippen LogP contribution in [-0.2, 0) is 19.0 Å². The molecule has 4 aliphatic heterocycles. The maximum atomic E-state index is 12.0. The summed E-state index contributed by atoms with van der Waals surface area (Å²) in [5.41, 5.74) is -0.431. The zero-order valence-electron chi connectivity index (χ0n) is 15.5. The Hall–Kier alpha value is -0.910. The third kappa shape index (κ3) is 2.94. The molecule has 25 heavy (non-hydrogen) atoms. The summed E-state index contributed by atoms with van der Waals surface area (Å²) < 4.78 is 17.9. The summed E-state index contributed by atoms with van der Waals surface area (Å²) in [6.45, 7) is 10.1. The van der Waals surface area contributed by atoms with Gasteiger partial charge in [0.15, 0.2) is 0 Å². The number of hydrogen-bond donors (Lipinski definition) is 1. The zero-order valence-corrected chi connectivity index (χ0v) is 15.5. The fraction of sp³-hybridized carbons (Fsp3) is 0.850. The van der Waals surface area contributed by atoms with Crippen LogP contribution in [0, 0.1) is 11.8 Å². The van der Waals surface area contributed by atoms with E-state index in [0.717, 1.165) is 25.7 Å². The van der Waals surface area contributed by atoms with Crippen LogP contribution in [0.25, 0.3) is 0 Å². The fourth-order valence-electron chi connectivity index (χ4n) is 5.01. The van der Waals surface area contributed by atoms with Crippen LogP contribution in [0.5, 0.6) is 0 Å². The van der Waals surface area contributed by atoms with Gasteiger partial charge < -0.3 is 19.3 Å². The van der Waals surface area contributed by atoms with Gasteiger partial charge in [-0.2, -0.15) is 0 Å². The SMILES string of the molecule is C=C1C(=O)O[C@H]2[C@H]3O[C@@H](C[C@@H]12)[C@](C)(O)CC[C@H]1O[C@@]1(C)CCC[C@@H]3C. The number of fused-ring (bicyclic) bond motifs is 5. The van der Waals surface area contributed by atoms with E-state index in [1.165, 1.54) is 0 Å². The van der Waals surface area contributed by atoms with Crippen LogP contribution in [-0.4, -0.2) is 46.7 Å². The van der Waals surface area contributed by atoms with Gasteiger partial charge in [-0.25, -0.2) is 4.79 Å². The van der Waals surface area contributed by atoms with E-state index in [9.17, 15) is 9.90 Å². The molecule has 8 atom stereocenters. The van der Waals surface area contributed by atoms with Crippen LogP contribution in [0.2, 0.25) is 0 Å². The molecular formula is C20H30O5. The zero-order chi connectivity index (χ0) is 18.0. The topological polar surface area (TPSA) is 68.3 Å². The Labute approximate surface area is 149 Å². The number of rotatable bonds is 0. The number of hydrogen-bond acceptors (Lipinski definition) is 5. The highest BCUT2D eigenvalue weighted by molar-refractivity contribution is 5.91. The van der Waals surface area contributed by atoms with Crippen LogP contribution in [0.3, 0.4) is 0 Å². The lowest BCUT2D eigenvalue weighted by molar-refractivity contribution is -0.208. The highest BCUT2D eigenvalue weighted by atomic mass is 16.6. The van der Waals surface area contributed by atoms with Crippen molar-refractivity contribution in [1.82, 2.24) is 0 Å². The standard InChI is InChI=1S/C20H30O5/c1-11-6-5-8-20(4)14(25-20)7-9-19(3,22)15-10-13-12(2)18(21)24-17(13)16(11)23-15/h11,13-17,22H,2,5-10H2,1,3-4H3/t11-,13-,14+,15-,16-,17+,19+,20-/m0/s1. The smallest absolute Gasteiger partial charge is 0.334 e. The molecule has 2 bridgehead atoms. The molecule has 0 radical (unpaired) electrons. The summed E-state index contributed by atoms with van der Waals surface area (Å²) in [6, 6.07) is 0. The van der Waals surface area contributed by atoms with E-state index in [2.05, 4.69) is 20.4 Å². The van der Waals surface area contributed by atoms with Gasteiger partial charge in [0.05, 0.1) is 29.5 Å². The van der Waals surface area contributed by atoms with Gasteiger partial charge in [-0.3, -0.25) is 0 Å². The number of carbonyl (C=O) groups is 1. The molecule has 0 aromatic rings. The molecule has 0 saturated carbocycles. The van der Waals surface area contributed by atoms with Crippen molar-refractivity contribution < 1.29 is 24.1 Å². The van der Waals surface area contributed by atoms with E-state index in [0.29, 0.717) is 18.4 Å². The molecule has 0 amide bonds. The highest BCUT2D eigenvalue weighted by Gasteiger charge is 2.56. The minimum absolute atomic E-state index is 0.0262. The van der Waals surface area contributed by atoms with Crippen molar-refractivity contribution in [3.63, 3.8) is 0 Å². The molecule has 4 rings (SSSR count). The molecule has 0 unspecified atom stereocenters. The molecule has 0 aliphatic carbocycles. The van der Waals surface area contributed by atoms with E-state index in [1.54, 1.807) is 0 Å². The summed E-state index contributed by atoms with van der Waals surface area (Å²) in [5, 5.41) is 11.1. The first-order valence-electron chi connectivity index (χ1n) is 9.67. The van der Waals surface area contributed by atoms with Crippen molar-refractivity contribution in [2.24, 2.45) is 11.8 Å². The average Bonchev–Trinajstić information content (AvgIpc) is 3.11. The summed E-state index contributed by atoms with van der Waals surface area (Å²) in [7, 11) is 0. The number of esters is 1. The van der Waals surface area contributed by atoms with E-state index in [-0.39, 0.29) is 47.8 Å². The van der Waals surface area contributed by atoms with Gasteiger partial charge in [-0.15, -0.1) is 0 Å². The van der Waals surface area contributed by atoms with Crippen LogP contribution in [0.15, 0.2) is 12.2 Å². The monoisotopic (exact) mass is 350 g/mol. The Kier molecular flexibility index (Phi) is 4.06. The maximum Gasteiger partial charge on any atom is 0.334 e. The summed E-state index contributed by atoms with van der Waals surface area (Å²) in [6.07, 6.45) is 4.66. The number of ether oxygens (including phenoxy) is 3. The second-order valence-corrected chi connectivity index (χ2v) is 9.01. The summed E-state index contributed by atoms with van der Waals surface area (Å²) in [4.78, 5) is 12.0. The molecule has 140 valence electrons. The van der Waals surface area contributed by atoms with Gasteiger partial charge in [0.1, 0.15) is 6.10 Å². The fourth-order valence-corrected chi connectivity index (χ4v) is 5.01. The number of epoxide rings is 1. The van der Waals surface area contributed by atoms with Gasteiger partial charge >= 0.3 is 5.97 Å². The van der Waals surface area contributed by atoms with Gasteiger partial charge in [-0.05, 0) is 51.9 Å². The van der Waals surface area contributed by atoms with Crippen molar-refractivity contribution in [1.29, 1.82) is 0 Å². The summed E-state index contributed by atoms with van der Waals surface area (Å²) in [5.74, 6) is -0.0943. The van der Waals surface area contributed by atoms with E-state index in [1.807, 2.05) is 6.92 Å². The molecule has 4 fully saturated rings. The molecular weight excluding hydrogens is 320 g/mol. The first kappa shape index (κ1) is 17.5. The van der Waals surface area contributed by atoms with E-state index in [4.69, 9.17) is 14.2 Å². The Morgan fingerprint density at radius 1 is 1.16 bits per heavy atom. The van der Waals surface area contributed by atoms with Crippen LogP contribution < -0.4 is 0 Å². The molecule has 0 aromatic heterocycles. The quantitative estimate of drug-likeness (QED) is 0.413. The Morgan fingerprint density at radius 2 is 1.92 bits per heavy atom. The van der Waals surface area contributed by atoms with Crippen LogP contribution >= 0.6 is 0 Å². The summed E-state index contributed by atoms with van der Waals surface area (Å²) >= 11 is 0. The number of carbonyl (C=O) groups excluding carboxylic acids is 1. The average molecular weight is 350 g/mol. The minimum atomic E-state index is -0.944. The predicted molar refractivity (Wildman–Crippen MR) is 91.9 cm³/mol. The molecule has 5 nitrogen and oxygen atoms in total. The molecule has 4 saturated heterocycles. The normalized spacial score (nSPS) is 53.1. The third-order valence-corrected chi connectivity index (χ3v) is 7.00. The van der Waals surface area contributed by atoms with Crippen molar-refractivity contribution in [3.05, 3.63) is 12.2 Å². The highest BCUT2D eigenvalue weighted by Crippen LogP contribution is 2.48. The Morgan fingerprint density at radius 3 is 2.68 bits per heavy atom. The van der Waals surface area contributed by atoms with Gasteiger partial charge in [-0.1, -0.05) is 19.9 Å². The molecule has 4 aliphatic rings. The van der Waals surface area contributed by atoms with Crippen molar-refractivity contribution in [2.75, 3.05) is 0 Å². The first-order chi connectivity index (χ1) is 11.7. The number of aliphatic hydroxyl groups is 1. The van der Waals surface area contributed by atoms with Crippen LogP contribution in [0.1, 0.15) is 59.3 Å². The van der Waals surface area contributed by atoms with E-state index >= 15 is 0 Å². The second-order valence-electron chi connectivity index (χ2n) is 9.01. The molecule has 4 heterocycles. The third-order valence-electron chi connectivity index (χ3n) is 7.00. The van der Waals surface area contributed by atoms with Crippen molar-refractivity contribution >= 4 is 5.97 Å².